The highest BCUT2D eigenvalue weighted by Gasteiger charge is 2.46. The lowest BCUT2D eigenvalue weighted by Gasteiger charge is -2.51. The van der Waals surface area contributed by atoms with Crippen LogP contribution in [0, 0.1) is 12.8 Å². The summed E-state index contributed by atoms with van der Waals surface area (Å²) in [6, 6.07) is 43.1. The van der Waals surface area contributed by atoms with Crippen molar-refractivity contribution < 1.29 is 20.0 Å². The van der Waals surface area contributed by atoms with Gasteiger partial charge in [-0.15, -0.1) is 0 Å². The van der Waals surface area contributed by atoms with Gasteiger partial charge in [0.2, 0.25) is 0 Å². The minimum atomic E-state index is -0.345. The van der Waals surface area contributed by atoms with Gasteiger partial charge in [-0.25, -0.2) is 0 Å². The third-order valence-corrected chi connectivity index (χ3v) is 13.6. The third-order valence-electron chi connectivity index (χ3n) is 13.6. The molecule has 0 saturated carbocycles. The summed E-state index contributed by atoms with van der Waals surface area (Å²) < 4.78 is 0. The molecule has 0 atom stereocenters. The van der Waals surface area contributed by atoms with E-state index in [9.17, 15) is 20.0 Å². The molecule has 0 bridgehead atoms. The quantitative estimate of drug-likeness (QED) is 0.0888. The number of ketones is 2. The van der Waals surface area contributed by atoms with Crippen LogP contribution in [0.15, 0.2) is 121 Å². The fraction of sp³-hybridized carbons (Fsp3) is 0.429. The second-order valence-corrected chi connectivity index (χ2v) is 21.3. The SMILES string of the molecule is CCC(=O)CC(=O)Cc1ccc(N(c2ccc(CC3CC(C)(C)N(O)C(C)(C)C3)cc2)c2ccc(N(c3ccc(C)cc3)c3ccc(NC4CC(C)(C)N(O)C(C)(C)C4)cc3)cc2)cc1. The molecule has 0 aliphatic carbocycles. The van der Waals surface area contributed by atoms with Crippen LogP contribution in [0.4, 0.5) is 39.8 Å². The van der Waals surface area contributed by atoms with E-state index < -0.39 is 0 Å². The highest BCUT2D eigenvalue weighted by Crippen LogP contribution is 2.43. The Kier molecular flexibility index (Phi) is 13.8. The minimum absolute atomic E-state index is 0.0281. The second-order valence-electron chi connectivity index (χ2n) is 21.3. The smallest absolute Gasteiger partial charge is 0.144 e. The van der Waals surface area contributed by atoms with E-state index in [0.29, 0.717) is 12.3 Å². The van der Waals surface area contributed by atoms with E-state index in [1.165, 1.54) is 16.2 Å². The standard InChI is InChI=1S/C56H71N5O4/c1-11-51(62)34-52(63)33-41-16-24-47(25-17-41)59(46-22-14-40(15-23-46)32-42-35-53(3,4)60(64)54(5,6)36-42)50-30-28-49(29-31-50)58(45-20-12-39(2)13-21-45)48-26-18-43(19-27-48)57-44-37-55(7,8)61(65)56(9,10)38-44/h12-31,42,44,57,64-65H,11,32-38H2,1-10H3. The Labute approximate surface area is 388 Å². The molecule has 0 unspecified atom stereocenters. The first-order valence-electron chi connectivity index (χ1n) is 23.5. The van der Waals surface area contributed by atoms with Crippen molar-refractivity contribution in [2.24, 2.45) is 5.92 Å². The van der Waals surface area contributed by atoms with Gasteiger partial charge in [0.25, 0.3) is 0 Å². The van der Waals surface area contributed by atoms with Crippen LogP contribution in [0.1, 0.15) is 118 Å². The van der Waals surface area contributed by atoms with Gasteiger partial charge in [-0.05, 0) is 196 Å². The number of aryl methyl sites for hydroxylation is 1. The number of hydrogen-bond donors (Lipinski definition) is 3. The average molecular weight is 878 g/mol. The molecule has 5 aromatic carbocycles. The largest absolute Gasteiger partial charge is 0.382 e. The number of rotatable bonds is 15. The second kappa shape index (κ2) is 18.9. The van der Waals surface area contributed by atoms with Gasteiger partial charge in [0.05, 0.1) is 6.42 Å². The van der Waals surface area contributed by atoms with Crippen LogP contribution in [0.25, 0.3) is 0 Å². The number of piperidine rings is 2. The van der Waals surface area contributed by atoms with Gasteiger partial charge in [0.1, 0.15) is 11.6 Å². The van der Waals surface area contributed by atoms with Crippen LogP contribution in [-0.2, 0) is 22.4 Å². The molecule has 2 heterocycles. The first kappa shape index (κ1) is 47.6. The normalized spacial score (nSPS) is 18.5. The Bertz CT molecular complexity index is 2370. The van der Waals surface area contributed by atoms with Crippen molar-refractivity contribution in [3.05, 3.63) is 138 Å². The van der Waals surface area contributed by atoms with Gasteiger partial charge in [-0.1, -0.05) is 48.9 Å². The zero-order valence-corrected chi connectivity index (χ0v) is 40.4. The predicted molar refractivity (Wildman–Crippen MR) is 266 cm³/mol. The molecular formula is C56H71N5O4. The van der Waals surface area contributed by atoms with E-state index in [-0.39, 0.29) is 52.6 Å². The van der Waals surface area contributed by atoms with Crippen molar-refractivity contribution in [2.45, 2.75) is 149 Å². The van der Waals surface area contributed by atoms with Crippen molar-refractivity contribution in [1.82, 2.24) is 10.1 Å². The van der Waals surface area contributed by atoms with Gasteiger partial charge in [-0.3, -0.25) is 9.59 Å². The van der Waals surface area contributed by atoms with Gasteiger partial charge in [-0.2, -0.15) is 10.1 Å². The molecule has 344 valence electrons. The number of anilines is 7. The lowest BCUT2D eigenvalue weighted by atomic mass is 9.73. The fourth-order valence-corrected chi connectivity index (χ4v) is 10.8. The highest BCUT2D eigenvalue weighted by molar-refractivity contribution is 5.99. The fourth-order valence-electron chi connectivity index (χ4n) is 10.8. The molecule has 0 radical (unpaired) electrons. The molecule has 65 heavy (non-hydrogen) atoms. The molecule has 2 fully saturated rings. The average Bonchev–Trinajstić information content (AvgIpc) is 3.24. The molecule has 9 nitrogen and oxygen atoms in total. The molecular weight excluding hydrogens is 807 g/mol. The summed E-state index contributed by atoms with van der Waals surface area (Å²) in [5.41, 5.74) is 9.15. The molecule has 2 saturated heterocycles. The summed E-state index contributed by atoms with van der Waals surface area (Å²) in [6.07, 6.45) is 4.97. The Hall–Kier alpha value is -5.32. The maximum Gasteiger partial charge on any atom is 0.144 e. The van der Waals surface area contributed by atoms with Crippen LogP contribution in [0.5, 0.6) is 0 Å². The maximum atomic E-state index is 12.7. The van der Waals surface area contributed by atoms with Crippen LogP contribution in [-0.4, -0.2) is 60.3 Å². The zero-order valence-electron chi connectivity index (χ0n) is 40.4. The van der Waals surface area contributed by atoms with Crippen molar-refractivity contribution in [1.29, 1.82) is 0 Å². The number of nitrogens with one attached hydrogen (secondary N) is 1. The number of nitrogens with zero attached hydrogens (tertiary/aromatic N) is 4. The molecule has 3 N–H and O–H groups in total. The molecule has 2 aliphatic heterocycles. The van der Waals surface area contributed by atoms with Crippen molar-refractivity contribution in [3.63, 3.8) is 0 Å². The van der Waals surface area contributed by atoms with E-state index in [4.69, 9.17) is 0 Å². The summed E-state index contributed by atoms with van der Waals surface area (Å²) in [5.74, 6) is 0.342. The van der Waals surface area contributed by atoms with Crippen LogP contribution >= 0.6 is 0 Å². The number of Topliss-reactive ketones (excluding diaryl/α,β-unsaturated/α-hetero) is 2. The molecule has 5 aromatic rings. The van der Waals surface area contributed by atoms with Gasteiger partial charge >= 0.3 is 0 Å². The predicted octanol–water partition coefficient (Wildman–Crippen LogP) is 13.4. The first-order chi connectivity index (χ1) is 30.6. The summed E-state index contributed by atoms with van der Waals surface area (Å²) >= 11 is 0. The summed E-state index contributed by atoms with van der Waals surface area (Å²) in [7, 11) is 0. The lowest BCUT2D eigenvalue weighted by Crippen LogP contribution is -2.61. The third kappa shape index (κ3) is 11.0. The van der Waals surface area contributed by atoms with Gasteiger partial charge < -0.3 is 25.5 Å². The molecule has 7 rings (SSSR count). The molecule has 9 heteroatoms. The molecule has 0 amide bonds. The lowest BCUT2D eigenvalue weighted by molar-refractivity contribution is -0.250. The number of hydroxylamine groups is 4. The van der Waals surface area contributed by atoms with Crippen molar-refractivity contribution in [2.75, 3.05) is 15.1 Å². The number of carbonyl (C=O) groups is 2. The Balaban J connectivity index is 1.18. The topological polar surface area (TPSA) is 99.6 Å². The molecule has 2 aliphatic rings. The number of benzene rings is 5. The van der Waals surface area contributed by atoms with Gasteiger partial charge in [0.15, 0.2) is 0 Å². The van der Waals surface area contributed by atoms with E-state index in [1.54, 1.807) is 12.0 Å². The van der Waals surface area contributed by atoms with Crippen molar-refractivity contribution >= 4 is 51.4 Å². The van der Waals surface area contributed by atoms with Gasteiger partial charge in [0, 0.05) is 80.9 Å². The minimum Gasteiger partial charge on any atom is -0.382 e. The molecule has 0 aromatic heterocycles. The number of carbonyl (C=O) groups excluding carboxylic acids is 2. The maximum absolute atomic E-state index is 12.7. The van der Waals surface area contributed by atoms with E-state index in [1.807, 2.05) is 12.1 Å². The van der Waals surface area contributed by atoms with Crippen LogP contribution < -0.4 is 15.1 Å². The zero-order chi connectivity index (χ0) is 46.9. The Morgan fingerprint density at radius 1 is 0.538 bits per heavy atom. The Morgan fingerprint density at radius 3 is 1.31 bits per heavy atom. The molecule has 0 spiro atoms. The monoisotopic (exact) mass is 878 g/mol. The summed E-state index contributed by atoms with van der Waals surface area (Å²) in [5, 5.41) is 28.6. The summed E-state index contributed by atoms with van der Waals surface area (Å²) in [6.45, 7) is 20.8. The summed E-state index contributed by atoms with van der Waals surface area (Å²) in [4.78, 5) is 29.2. The van der Waals surface area contributed by atoms with Crippen LogP contribution in [0.3, 0.4) is 0 Å². The Morgan fingerprint density at radius 2 is 0.892 bits per heavy atom. The van der Waals surface area contributed by atoms with E-state index in [2.05, 4.69) is 187 Å². The van der Waals surface area contributed by atoms with E-state index >= 15 is 0 Å². The highest BCUT2D eigenvalue weighted by atomic mass is 16.5. The van der Waals surface area contributed by atoms with E-state index in [0.717, 1.165) is 77.5 Å². The first-order valence-corrected chi connectivity index (χ1v) is 23.5. The van der Waals surface area contributed by atoms with Crippen LogP contribution in [0.2, 0.25) is 0 Å². The van der Waals surface area contributed by atoms with Crippen molar-refractivity contribution in [3.8, 4) is 0 Å². The number of hydrogen-bond acceptors (Lipinski definition) is 9.